The largest absolute Gasteiger partial charge is 0.465 e. The Morgan fingerprint density at radius 1 is 1.32 bits per heavy atom. The summed E-state index contributed by atoms with van der Waals surface area (Å²) in [4.78, 5) is 11.3. The minimum absolute atomic E-state index is 0.136. The van der Waals surface area contributed by atoms with Gasteiger partial charge in [-0.1, -0.05) is 0 Å². The number of nitrogens with zero attached hydrogens (tertiary/aromatic N) is 2. The number of aromatic nitrogens is 2. The monoisotopic (exact) mass is 259 g/mol. The highest BCUT2D eigenvalue weighted by Gasteiger charge is 2.10. The molecular formula is C14H17N3O2. The zero-order chi connectivity index (χ0) is 13.8. The van der Waals surface area contributed by atoms with Gasteiger partial charge >= 0.3 is 5.97 Å². The Balaban J connectivity index is 2.08. The minimum Gasteiger partial charge on any atom is -0.465 e. The first kappa shape index (κ1) is 13.1. The van der Waals surface area contributed by atoms with Crippen molar-refractivity contribution in [2.24, 2.45) is 7.05 Å². The van der Waals surface area contributed by atoms with E-state index in [4.69, 9.17) is 0 Å². The summed E-state index contributed by atoms with van der Waals surface area (Å²) in [5, 5.41) is 7.50. The summed E-state index contributed by atoms with van der Waals surface area (Å²) in [6, 6.07) is 9.31. The highest BCUT2D eigenvalue weighted by Crippen LogP contribution is 2.19. The number of benzene rings is 1. The van der Waals surface area contributed by atoms with E-state index < -0.39 is 0 Å². The maximum atomic E-state index is 11.3. The molecule has 0 bridgehead atoms. The van der Waals surface area contributed by atoms with Gasteiger partial charge in [0.1, 0.15) is 0 Å². The van der Waals surface area contributed by atoms with Crippen molar-refractivity contribution in [1.82, 2.24) is 9.78 Å². The molecule has 1 N–H and O–H groups in total. The third-order valence-corrected chi connectivity index (χ3v) is 2.99. The van der Waals surface area contributed by atoms with E-state index in [-0.39, 0.29) is 12.0 Å². The van der Waals surface area contributed by atoms with Crippen LogP contribution in [0.1, 0.15) is 29.0 Å². The van der Waals surface area contributed by atoms with E-state index in [0.29, 0.717) is 5.56 Å². The molecule has 19 heavy (non-hydrogen) atoms. The molecule has 0 radical (unpaired) electrons. The number of hydrogen-bond donors (Lipinski definition) is 1. The Morgan fingerprint density at radius 2 is 2.00 bits per heavy atom. The van der Waals surface area contributed by atoms with Crippen LogP contribution < -0.4 is 5.32 Å². The molecule has 1 atom stereocenters. The van der Waals surface area contributed by atoms with Crippen LogP contribution in [-0.2, 0) is 11.8 Å². The topological polar surface area (TPSA) is 56.1 Å². The lowest BCUT2D eigenvalue weighted by molar-refractivity contribution is 0.0601. The summed E-state index contributed by atoms with van der Waals surface area (Å²) in [6.07, 6.45) is 1.77. The van der Waals surface area contributed by atoms with Crippen LogP contribution in [0.2, 0.25) is 0 Å². The Morgan fingerprint density at radius 3 is 2.53 bits per heavy atom. The standard InChI is InChI=1S/C14H17N3O2/c1-10(13-8-9-15-17(13)2)16-12-6-4-11(5-7-12)14(18)19-3/h4-10,16H,1-3H3. The molecule has 0 aliphatic rings. The minimum atomic E-state index is -0.328. The van der Waals surface area contributed by atoms with Crippen LogP contribution in [0.15, 0.2) is 36.5 Å². The number of ether oxygens (including phenoxy) is 1. The Labute approximate surface area is 112 Å². The number of carbonyl (C=O) groups is 1. The number of methoxy groups -OCH3 is 1. The number of hydrogen-bond acceptors (Lipinski definition) is 4. The fourth-order valence-corrected chi connectivity index (χ4v) is 1.95. The molecule has 5 heteroatoms. The maximum absolute atomic E-state index is 11.3. The summed E-state index contributed by atoms with van der Waals surface area (Å²) < 4.78 is 6.49. The van der Waals surface area contributed by atoms with E-state index in [0.717, 1.165) is 11.4 Å². The van der Waals surface area contributed by atoms with Crippen LogP contribution in [0.5, 0.6) is 0 Å². The smallest absolute Gasteiger partial charge is 0.337 e. The fourth-order valence-electron chi connectivity index (χ4n) is 1.95. The molecule has 0 saturated carbocycles. The van der Waals surface area contributed by atoms with Crippen LogP contribution in [0.4, 0.5) is 5.69 Å². The van der Waals surface area contributed by atoms with Gasteiger partial charge in [0.25, 0.3) is 0 Å². The summed E-state index contributed by atoms with van der Waals surface area (Å²) in [7, 11) is 3.28. The first-order chi connectivity index (χ1) is 9.11. The lowest BCUT2D eigenvalue weighted by atomic mass is 10.2. The molecule has 2 aromatic rings. The second kappa shape index (κ2) is 5.56. The maximum Gasteiger partial charge on any atom is 0.337 e. The lowest BCUT2D eigenvalue weighted by Crippen LogP contribution is -2.11. The second-order valence-electron chi connectivity index (χ2n) is 4.31. The van der Waals surface area contributed by atoms with Gasteiger partial charge in [-0.25, -0.2) is 4.79 Å². The Bertz CT molecular complexity index is 560. The molecule has 0 fully saturated rings. The number of anilines is 1. The van der Waals surface area contributed by atoms with Crippen molar-refractivity contribution in [1.29, 1.82) is 0 Å². The Kier molecular flexibility index (Phi) is 3.85. The van der Waals surface area contributed by atoms with Gasteiger partial charge in [-0.05, 0) is 37.3 Å². The number of esters is 1. The number of aryl methyl sites for hydroxylation is 1. The van der Waals surface area contributed by atoms with Gasteiger partial charge in [-0.2, -0.15) is 5.10 Å². The van der Waals surface area contributed by atoms with Crippen LogP contribution >= 0.6 is 0 Å². The first-order valence-corrected chi connectivity index (χ1v) is 6.04. The van der Waals surface area contributed by atoms with Crippen molar-refractivity contribution in [3.05, 3.63) is 47.8 Å². The third kappa shape index (κ3) is 2.93. The van der Waals surface area contributed by atoms with Crippen LogP contribution in [0, 0.1) is 0 Å². The van der Waals surface area contributed by atoms with Crippen molar-refractivity contribution in [2.75, 3.05) is 12.4 Å². The molecule has 0 aliphatic heterocycles. The van der Waals surface area contributed by atoms with Crippen molar-refractivity contribution in [2.45, 2.75) is 13.0 Å². The molecule has 2 rings (SSSR count). The summed E-state index contributed by atoms with van der Waals surface area (Å²) in [6.45, 7) is 2.06. The zero-order valence-corrected chi connectivity index (χ0v) is 11.3. The number of rotatable bonds is 4. The van der Waals surface area contributed by atoms with Crippen molar-refractivity contribution >= 4 is 11.7 Å². The van der Waals surface area contributed by atoms with E-state index in [2.05, 4.69) is 22.1 Å². The highest BCUT2D eigenvalue weighted by atomic mass is 16.5. The normalized spacial score (nSPS) is 11.9. The molecule has 0 saturated heterocycles. The van der Waals surface area contributed by atoms with E-state index >= 15 is 0 Å². The summed E-state index contributed by atoms with van der Waals surface area (Å²) in [5.74, 6) is -0.328. The molecule has 1 aromatic heterocycles. The average molecular weight is 259 g/mol. The molecule has 1 heterocycles. The van der Waals surface area contributed by atoms with Gasteiger partial charge in [-0.3, -0.25) is 4.68 Å². The number of nitrogens with one attached hydrogen (secondary N) is 1. The highest BCUT2D eigenvalue weighted by molar-refractivity contribution is 5.89. The molecule has 1 aromatic carbocycles. The molecule has 0 amide bonds. The third-order valence-electron chi connectivity index (χ3n) is 2.99. The number of carbonyl (C=O) groups excluding carboxylic acids is 1. The van der Waals surface area contributed by atoms with Crippen molar-refractivity contribution in [3.63, 3.8) is 0 Å². The van der Waals surface area contributed by atoms with Crippen molar-refractivity contribution < 1.29 is 9.53 Å². The summed E-state index contributed by atoms with van der Waals surface area (Å²) in [5.41, 5.74) is 2.58. The van der Waals surface area contributed by atoms with Gasteiger partial charge in [-0.15, -0.1) is 0 Å². The van der Waals surface area contributed by atoms with Crippen LogP contribution in [0.25, 0.3) is 0 Å². The van der Waals surface area contributed by atoms with Crippen molar-refractivity contribution in [3.8, 4) is 0 Å². The van der Waals surface area contributed by atoms with Gasteiger partial charge in [0.05, 0.1) is 24.4 Å². The SMILES string of the molecule is COC(=O)c1ccc(NC(C)c2ccnn2C)cc1. The van der Waals surface area contributed by atoms with Gasteiger partial charge in [0.2, 0.25) is 0 Å². The zero-order valence-electron chi connectivity index (χ0n) is 11.3. The molecule has 100 valence electrons. The Hall–Kier alpha value is -2.30. The molecule has 0 spiro atoms. The quantitative estimate of drug-likeness (QED) is 0.856. The van der Waals surface area contributed by atoms with Crippen LogP contribution in [-0.4, -0.2) is 22.9 Å². The van der Waals surface area contributed by atoms with Crippen LogP contribution in [0.3, 0.4) is 0 Å². The predicted octanol–water partition coefficient (Wildman–Crippen LogP) is 2.38. The first-order valence-electron chi connectivity index (χ1n) is 6.04. The molecular weight excluding hydrogens is 242 g/mol. The lowest BCUT2D eigenvalue weighted by Gasteiger charge is -2.15. The van der Waals surface area contributed by atoms with Gasteiger partial charge in [0, 0.05) is 18.9 Å². The van der Waals surface area contributed by atoms with E-state index in [1.807, 2.05) is 29.9 Å². The predicted molar refractivity (Wildman–Crippen MR) is 73.0 cm³/mol. The average Bonchev–Trinajstić information content (AvgIpc) is 2.85. The van der Waals surface area contributed by atoms with E-state index in [9.17, 15) is 4.79 Å². The van der Waals surface area contributed by atoms with E-state index in [1.54, 1.807) is 18.3 Å². The molecule has 5 nitrogen and oxygen atoms in total. The summed E-state index contributed by atoms with van der Waals surface area (Å²) >= 11 is 0. The molecule has 0 aliphatic carbocycles. The van der Waals surface area contributed by atoms with Gasteiger partial charge < -0.3 is 10.1 Å². The second-order valence-corrected chi connectivity index (χ2v) is 4.31. The fraction of sp³-hybridized carbons (Fsp3) is 0.286. The molecule has 1 unspecified atom stereocenters. The van der Waals surface area contributed by atoms with Gasteiger partial charge in [0.15, 0.2) is 0 Å². The van der Waals surface area contributed by atoms with E-state index in [1.165, 1.54) is 7.11 Å².